The summed E-state index contributed by atoms with van der Waals surface area (Å²) in [6, 6.07) is 7.49. The number of amides is 1. The highest BCUT2D eigenvalue weighted by atomic mass is 16.4. The molecule has 5 heteroatoms. The maximum Gasteiger partial charge on any atom is 0.305 e. The molecule has 0 saturated heterocycles. The molecule has 1 aromatic carbocycles. The summed E-state index contributed by atoms with van der Waals surface area (Å²) in [6.45, 7) is 1.97. The van der Waals surface area contributed by atoms with Gasteiger partial charge in [-0.25, -0.2) is 0 Å². The Morgan fingerprint density at radius 1 is 1.11 bits per heavy atom. The maximum absolute atomic E-state index is 11.9. The largest absolute Gasteiger partial charge is 0.481 e. The molecule has 1 aromatic rings. The minimum absolute atomic E-state index is 0.0544. The average Bonchev–Trinajstić information content (AvgIpc) is 2.38. The number of rotatable bonds is 6. The van der Waals surface area contributed by atoms with Gasteiger partial charge < -0.3 is 14.9 Å². The van der Waals surface area contributed by atoms with Crippen LogP contribution in [0.2, 0.25) is 0 Å². The Labute approximate surface area is 113 Å². The zero-order chi connectivity index (χ0) is 14.4. The molecule has 104 valence electrons. The van der Waals surface area contributed by atoms with Gasteiger partial charge in [-0.2, -0.15) is 0 Å². The van der Waals surface area contributed by atoms with Gasteiger partial charge in [-0.05, 0) is 24.3 Å². The number of hydrogen-bond acceptors (Lipinski definition) is 3. The number of benzene rings is 1. The topological polar surface area (TPSA) is 60.9 Å². The van der Waals surface area contributed by atoms with E-state index < -0.39 is 5.97 Å². The van der Waals surface area contributed by atoms with Gasteiger partial charge in [-0.3, -0.25) is 9.59 Å². The summed E-state index contributed by atoms with van der Waals surface area (Å²) in [5, 5.41) is 8.74. The Balaban J connectivity index is 2.90. The van der Waals surface area contributed by atoms with Gasteiger partial charge in [0.25, 0.3) is 0 Å². The van der Waals surface area contributed by atoms with Crippen LogP contribution < -0.4 is 9.80 Å². The number of carbonyl (C=O) groups excluding carboxylic acids is 1. The van der Waals surface area contributed by atoms with Crippen LogP contribution in [0.1, 0.15) is 19.8 Å². The molecular weight excluding hydrogens is 244 g/mol. The van der Waals surface area contributed by atoms with E-state index in [1.165, 1.54) is 4.90 Å². The van der Waals surface area contributed by atoms with E-state index in [1.54, 1.807) is 6.92 Å². The van der Waals surface area contributed by atoms with Gasteiger partial charge in [0.05, 0.1) is 6.42 Å². The van der Waals surface area contributed by atoms with Gasteiger partial charge in [0.15, 0.2) is 0 Å². The molecule has 0 aliphatic heterocycles. The first-order valence-corrected chi connectivity index (χ1v) is 6.25. The predicted molar refractivity (Wildman–Crippen MR) is 75.7 cm³/mol. The van der Waals surface area contributed by atoms with Gasteiger partial charge in [0.1, 0.15) is 0 Å². The number of nitrogens with zero attached hydrogens (tertiary/aromatic N) is 2. The van der Waals surface area contributed by atoms with Crippen LogP contribution in [0.25, 0.3) is 0 Å². The van der Waals surface area contributed by atoms with Crippen molar-refractivity contribution in [1.29, 1.82) is 0 Å². The van der Waals surface area contributed by atoms with Crippen LogP contribution in [0.5, 0.6) is 0 Å². The first-order valence-electron chi connectivity index (χ1n) is 6.25. The van der Waals surface area contributed by atoms with Crippen molar-refractivity contribution in [3.05, 3.63) is 24.3 Å². The Bertz CT molecular complexity index is 441. The van der Waals surface area contributed by atoms with Crippen LogP contribution in [0, 0.1) is 0 Å². The minimum atomic E-state index is -0.904. The van der Waals surface area contributed by atoms with E-state index in [9.17, 15) is 9.59 Å². The van der Waals surface area contributed by atoms with Crippen LogP contribution >= 0.6 is 0 Å². The van der Waals surface area contributed by atoms with Crippen LogP contribution in [0.15, 0.2) is 24.3 Å². The molecule has 0 aliphatic carbocycles. The summed E-state index contributed by atoms with van der Waals surface area (Å²) in [6.07, 6.45) is 0.302. The third-order valence-corrected chi connectivity index (χ3v) is 2.83. The summed E-state index contributed by atoms with van der Waals surface area (Å²) in [5.41, 5.74) is 1.77. The minimum Gasteiger partial charge on any atom is -0.481 e. The maximum atomic E-state index is 11.9. The highest BCUT2D eigenvalue weighted by Crippen LogP contribution is 2.20. The molecule has 0 radical (unpaired) electrons. The molecule has 0 unspecified atom stereocenters. The molecule has 1 N–H and O–H groups in total. The van der Waals surface area contributed by atoms with Crippen molar-refractivity contribution in [3.8, 4) is 0 Å². The lowest BCUT2D eigenvalue weighted by molar-refractivity contribution is -0.136. The standard InChI is InChI=1S/C14H20N2O3/c1-4-13(17)16(10-9-14(18)19)12-7-5-11(6-8-12)15(2)3/h5-8H,4,9-10H2,1-3H3,(H,18,19). The van der Waals surface area contributed by atoms with Crippen LogP contribution in [-0.2, 0) is 9.59 Å². The second-order valence-corrected chi connectivity index (χ2v) is 4.45. The Morgan fingerprint density at radius 3 is 2.05 bits per heavy atom. The molecule has 0 spiro atoms. The normalized spacial score (nSPS) is 10.1. The molecule has 5 nitrogen and oxygen atoms in total. The molecule has 0 fully saturated rings. The number of aliphatic carboxylic acids is 1. The summed E-state index contributed by atoms with van der Waals surface area (Å²) in [7, 11) is 3.88. The zero-order valence-corrected chi connectivity index (χ0v) is 11.6. The van der Waals surface area contributed by atoms with Gasteiger partial charge in [-0.15, -0.1) is 0 Å². The average molecular weight is 264 g/mol. The fourth-order valence-electron chi connectivity index (χ4n) is 1.73. The van der Waals surface area contributed by atoms with Crippen molar-refractivity contribution >= 4 is 23.3 Å². The molecule has 0 saturated carbocycles. The van der Waals surface area contributed by atoms with Crippen LogP contribution in [0.3, 0.4) is 0 Å². The van der Waals surface area contributed by atoms with Gasteiger partial charge in [-0.1, -0.05) is 6.92 Å². The Hall–Kier alpha value is -2.04. The molecule has 0 heterocycles. The fourth-order valence-corrected chi connectivity index (χ4v) is 1.73. The third kappa shape index (κ3) is 4.28. The van der Waals surface area contributed by atoms with Crippen molar-refractivity contribution in [2.75, 3.05) is 30.4 Å². The lowest BCUT2D eigenvalue weighted by Gasteiger charge is -2.22. The first kappa shape index (κ1) is 15.0. The predicted octanol–water partition coefficient (Wildman–Crippen LogP) is 1.97. The fraction of sp³-hybridized carbons (Fsp3) is 0.429. The van der Waals surface area contributed by atoms with E-state index in [2.05, 4.69) is 0 Å². The quantitative estimate of drug-likeness (QED) is 0.853. The van der Waals surface area contributed by atoms with Gasteiger partial charge in [0, 0.05) is 38.4 Å². The van der Waals surface area contributed by atoms with E-state index >= 15 is 0 Å². The SMILES string of the molecule is CCC(=O)N(CCC(=O)O)c1ccc(N(C)C)cc1. The number of carboxylic acids is 1. The number of carboxylic acid groups (broad SMARTS) is 1. The van der Waals surface area contributed by atoms with Crippen molar-refractivity contribution in [1.82, 2.24) is 0 Å². The van der Waals surface area contributed by atoms with E-state index in [4.69, 9.17) is 5.11 Å². The van der Waals surface area contributed by atoms with Crippen molar-refractivity contribution in [2.45, 2.75) is 19.8 Å². The molecule has 0 aliphatic rings. The Kier molecular flexibility index (Phi) is 5.36. The number of anilines is 2. The Morgan fingerprint density at radius 2 is 1.63 bits per heavy atom. The molecule has 1 amide bonds. The number of hydrogen-bond donors (Lipinski definition) is 1. The van der Waals surface area contributed by atoms with E-state index in [-0.39, 0.29) is 18.9 Å². The highest BCUT2D eigenvalue weighted by molar-refractivity contribution is 5.93. The smallest absolute Gasteiger partial charge is 0.305 e. The van der Waals surface area contributed by atoms with Crippen molar-refractivity contribution in [3.63, 3.8) is 0 Å². The second-order valence-electron chi connectivity index (χ2n) is 4.45. The summed E-state index contributed by atoms with van der Waals surface area (Å²) in [5.74, 6) is -0.974. The van der Waals surface area contributed by atoms with Gasteiger partial charge in [0.2, 0.25) is 5.91 Å². The summed E-state index contributed by atoms with van der Waals surface area (Å²) in [4.78, 5) is 26.0. The first-order chi connectivity index (χ1) is 8.95. The van der Waals surface area contributed by atoms with Crippen LogP contribution in [-0.4, -0.2) is 37.6 Å². The molecule has 1 rings (SSSR count). The van der Waals surface area contributed by atoms with Crippen molar-refractivity contribution < 1.29 is 14.7 Å². The molecule has 19 heavy (non-hydrogen) atoms. The lowest BCUT2D eigenvalue weighted by Crippen LogP contribution is -2.32. The summed E-state index contributed by atoms with van der Waals surface area (Å²) < 4.78 is 0. The summed E-state index contributed by atoms with van der Waals surface area (Å²) >= 11 is 0. The van der Waals surface area contributed by atoms with Crippen LogP contribution in [0.4, 0.5) is 11.4 Å². The van der Waals surface area contributed by atoms with Gasteiger partial charge >= 0.3 is 5.97 Å². The third-order valence-electron chi connectivity index (χ3n) is 2.83. The van der Waals surface area contributed by atoms with E-state index in [1.807, 2.05) is 43.3 Å². The van der Waals surface area contributed by atoms with E-state index in [0.29, 0.717) is 6.42 Å². The lowest BCUT2D eigenvalue weighted by atomic mass is 10.2. The van der Waals surface area contributed by atoms with E-state index in [0.717, 1.165) is 11.4 Å². The number of carbonyl (C=O) groups is 2. The van der Waals surface area contributed by atoms with Crippen molar-refractivity contribution in [2.24, 2.45) is 0 Å². The molecule has 0 aromatic heterocycles. The molecular formula is C14H20N2O3. The monoisotopic (exact) mass is 264 g/mol. The molecule has 0 atom stereocenters. The highest BCUT2D eigenvalue weighted by Gasteiger charge is 2.15. The second kappa shape index (κ2) is 6.78. The molecule has 0 bridgehead atoms. The zero-order valence-electron chi connectivity index (χ0n) is 11.6.